The van der Waals surface area contributed by atoms with E-state index in [1.165, 1.54) is 12.1 Å². The lowest BCUT2D eigenvalue weighted by molar-refractivity contribution is 0.347. The van der Waals surface area contributed by atoms with Crippen molar-refractivity contribution in [1.82, 2.24) is 14.8 Å². The summed E-state index contributed by atoms with van der Waals surface area (Å²) in [5.74, 6) is -0.305. The van der Waals surface area contributed by atoms with E-state index in [1.54, 1.807) is 12.3 Å². The van der Waals surface area contributed by atoms with Crippen molar-refractivity contribution in [2.45, 2.75) is 6.04 Å². The van der Waals surface area contributed by atoms with Crippen LogP contribution < -0.4 is 4.90 Å². The average Bonchev–Trinajstić information content (AvgIpc) is 2.93. The fourth-order valence-corrected chi connectivity index (χ4v) is 2.62. The Balaban J connectivity index is 1.54. The molecule has 7 heteroatoms. The lowest BCUT2D eigenvalue weighted by Gasteiger charge is -2.37. The highest BCUT2D eigenvalue weighted by atomic mass is 79.9. The van der Waals surface area contributed by atoms with E-state index < -0.39 is 0 Å². The molecule has 0 aliphatic carbocycles. The second kappa shape index (κ2) is 4.31. The predicted octanol–water partition coefficient (Wildman–Crippen LogP) is 2.99. The molecule has 1 fully saturated rings. The highest BCUT2D eigenvalue weighted by Crippen LogP contribution is 2.30. The van der Waals surface area contributed by atoms with E-state index in [0.717, 1.165) is 17.6 Å². The average molecular weight is 337 g/mol. The number of benzene rings is 1. The Kier molecular flexibility index (Phi) is 2.56. The molecule has 3 aromatic rings. The fourth-order valence-electron chi connectivity index (χ4n) is 2.32. The molecule has 0 atom stereocenters. The minimum atomic E-state index is -0.305. The number of oxazole rings is 1. The number of hydrogen-bond donors (Lipinski definition) is 0. The number of fused-ring (bicyclic) bond motifs is 1. The summed E-state index contributed by atoms with van der Waals surface area (Å²) in [6.07, 6.45) is 3.72. The lowest BCUT2D eigenvalue weighted by Crippen LogP contribution is -2.48. The third kappa shape index (κ3) is 1.89. The Hall–Kier alpha value is -1.89. The minimum Gasteiger partial charge on any atom is -0.423 e. The summed E-state index contributed by atoms with van der Waals surface area (Å²) in [4.78, 5) is 6.32. The van der Waals surface area contributed by atoms with Crippen molar-refractivity contribution in [2.75, 3.05) is 18.0 Å². The zero-order chi connectivity index (χ0) is 13.7. The number of anilines is 1. The SMILES string of the molecule is Fc1ccc2oc(N3CC(n4cc(Br)cn4)C3)nc2c1. The molecule has 0 amide bonds. The maximum atomic E-state index is 13.1. The number of nitrogens with zero attached hydrogens (tertiary/aromatic N) is 4. The summed E-state index contributed by atoms with van der Waals surface area (Å²) in [7, 11) is 0. The molecule has 0 N–H and O–H groups in total. The maximum Gasteiger partial charge on any atom is 0.298 e. The van der Waals surface area contributed by atoms with Gasteiger partial charge >= 0.3 is 0 Å². The molecule has 0 bridgehead atoms. The van der Waals surface area contributed by atoms with Gasteiger partial charge in [-0.25, -0.2) is 4.39 Å². The first kappa shape index (κ1) is 11.9. The van der Waals surface area contributed by atoms with Crippen LogP contribution in [0.3, 0.4) is 0 Å². The van der Waals surface area contributed by atoms with E-state index in [9.17, 15) is 4.39 Å². The molecule has 102 valence electrons. The minimum absolute atomic E-state index is 0.305. The molecular weight excluding hydrogens is 327 g/mol. The van der Waals surface area contributed by atoms with E-state index in [-0.39, 0.29) is 5.82 Å². The summed E-state index contributed by atoms with van der Waals surface area (Å²) < 4.78 is 21.6. The van der Waals surface area contributed by atoms with Gasteiger partial charge in [-0.05, 0) is 28.1 Å². The number of rotatable bonds is 2. The quantitative estimate of drug-likeness (QED) is 0.721. The largest absolute Gasteiger partial charge is 0.423 e. The third-order valence-corrected chi connectivity index (χ3v) is 3.82. The molecule has 0 unspecified atom stereocenters. The molecule has 20 heavy (non-hydrogen) atoms. The molecule has 1 aliphatic rings. The molecule has 0 saturated carbocycles. The monoisotopic (exact) mass is 336 g/mol. The summed E-state index contributed by atoms with van der Waals surface area (Å²) in [6, 6.07) is 5.20. The second-order valence-electron chi connectivity index (χ2n) is 4.81. The van der Waals surface area contributed by atoms with Crippen LogP contribution in [0.25, 0.3) is 11.1 Å². The van der Waals surface area contributed by atoms with Crippen LogP contribution in [-0.2, 0) is 0 Å². The summed E-state index contributed by atoms with van der Waals surface area (Å²) in [6.45, 7) is 1.56. The van der Waals surface area contributed by atoms with Crippen LogP contribution in [0, 0.1) is 5.82 Å². The topological polar surface area (TPSA) is 47.1 Å². The van der Waals surface area contributed by atoms with Gasteiger partial charge in [-0.3, -0.25) is 4.68 Å². The van der Waals surface area contributed by atoms with Crippen LogP contribution in [0.1, 0.15) is 6.04 Å². The van der Waals surface area contributed by atoms with Gasteiger partial charge in [0.15, 0.2) is 5.58 Å². The molecular formula is C13H10BrFN4O. The van der Waals surface area contributed by atoms with Gasteiger partial charge in [0.25, 0.3) is 6.01 Å². The molecule has 4 rings (SSSR count). The van der Waals surface area contributed by atoms with Gasteiger partial charge in [0, 0.05) is 25.4 Å². The summed E-state index contributed by atoms with van der Waals surface area (Å²) >= 11 is 3.38. The van der Waals surface area contributed by atoms with Crippen LogP contribution in [0.15, 0.2) is 39.5 Å². The Labute approximate surface area is 122 Å². The van der Waals surface area contributed by atoms with Gasteiger partial charge in [-0.1, -0.05) is 0 Å². The summed E-state index contributed by atoms with van der Waals surface area (Å²) in [5, 5.41) is 4.26. The summed E-state index contributed by atoms with van der Waals surface area (Å²) in [5.41, 5.74) is 1.15. The molecule has 1 saturated heterocycles. The van der Waals surface area contributed by atoms with E-state index in [4.69, 9.17) is 4.42 Å². The van der Waals surface area contributed by atoms with Crippen molar-refractivity contribution in [3.8, 4) is 0 Å². The van der Waals surface area contributed by atoms with Gasteiger partial charge in [0.05, 0.1) is 16.7 Å². The highest BCUT2D eigenvalue weighted by molar-refractivity contribution is 9.10. The lowest BCUT2D eigenvalue weighted by atomic mass is 10.1. The van der Waals surface area contributed by atoms with Crippen LogP contribution in [0.2, 0.25) is 0 Å². The van der Waals surface area contributed by atoms with E-state index in [2.05, 4.69) is 26.0 Å². The Morgan fingerprint density at radius 2 is 2.20 bits per heavy atom. The first-order valence-electron chi connectivity index (χ1n) is 6.20. The zero-order valence-corrected chi connectivity index (χ0v) is 11.9. The van der Waals surface area contributed by atoms with Gasteiger partial charge in [-0.2, -0.15) is 10.1 Å². The van der Waals surface area contributed by atoms with Crippen molar-refractivity contribution in [1.29, 1.82) is 0 Å². The van der Waals surface area contributed by atoms with E-state index in [0.29, 0.717) is 23.2 Å². The van der Waals surface area contributed by atoms with E-state index >= 15 is 0 Å². The van der Waals surface area contributed by atoms with Crippen molar-refractivity contribution in [3.63, 3.8) is 0 Å². The predicted molar refractivity (Wildman–Crippen MR) is 75.1 cm³/mol. The van der Waals surface area contributed by atoms with Crippen molar-refractivity contribution in [3.05, 3.63) is 40.9 Å². The zero-order valence-electron chi connectivity index (χ0n) is 10.3. The number of halogens is 2. The van der Waals surface area contributed by atoms with Gasteiger partial charge < -0.3 is 9.32 Å². The van der Waals surface area contributed by atoms with E-state index in [1.807, 2.05) is 15.8 Å². The molecule has 3 heterocycles. The molecule has 1 aromatic carbocycles. The van der Waals surface area contributed by atoms with Gasteiger partial charge in [-0.15, -0.1) is 0 Å². The van der Waals surface area contributed by atoms with Crippen LogP contribution in [-0.4, -0.2) is 27.9 Å². The maximum absolute atomic E-state index is 13.1. The highest BCUT2D eigenvalue weighted by Gasteiger charge is 2.32. The van der Waals surface area contributed by atoms with Crippen molar-refractivity contribution >= 4 is 33.0 Å². The van der Waals surface area contributed by atoms with Gasteiger partial charge in [0.2, 0.25) is 0 Å². The first-order chi connectivity index (χ1) is 9.69. The molecule has 1 aliphatic heterocycles. The standard InChI is InChI=1S/C13H10BrFN4O/c14-8-4-16-19(5-8)10-6-18(7-10)13-17-11-3-9(15)1-2-12(11)20-13/h1-5,10H,6-7H2. The van der Waals surface area contributed by atoms with Crippen molar-refractivity contribution in [2.24, 2.45) is 0 Å². The van der Waals surface area contributed by atoms with Gasteiger partial charge in [0.1, 0.15) is 11.3 Å². The van der Waals surface area contributed by atoms with Crippen molar-refractivity contribution < 1.29 is 8.81 Å². The Bertz CT molecular complexity index is 778. The molecule has 0 spiro atoms. The Morgan fingerprint density at radius 1 is 1.35 bits per heavy atom. The number of hydrogen-bond acceptors (Lipinski definition) is 4. The normalized spacial score (nSPS) is 15.8. The fraction of sp³-hybridized carbons (Fsp3) is 0.231. The molecule has 5 nitrogen and oxygen atoms in total. The van der Waals surface area contributed by atoms with Crippen LogP contribution >= 0.6 is 15.9 Å². The molecule has 2 aromatic heterocycles. The Morgan fingerprint density at radius 3 is 2.95 bits per heavy atom. The van der Waals surface area contributed by atoms with Crippen LogP contribution in [0.4, 0.5) is 10.4 Å². The second-order valence-corrected chi connectivity index (χ2v) is 5.72. The van der Waals surface area contributed by atoms with Crippen LogP contribution in [0.5, 0.6) is 0 Å². The third-order valence-electron chi connectivity index (χ3n) is 3.42. The first-order valence-corrected chi connectivity index (χ1v) is 6.99. The molecule has 0 radical (unpaired) electrons. The smallest absolute Gasteiger partial charge is 0.298 e. The number of aromatic nitrogens is 3.